The molecule has 14 heteroatoms. The van der Waals surface area contributed by atoms with Gasteiger partial charge in [0, 0.05) is 44.4 Å². The minimum absolute atomic E-state index is 0.0905. The smallest absolute Gasteiger partial charge is 0.311 e. The van der Waals surface area contributed by atoms with Crippen LogP contribution in [0.4, 0.5) is 0 Å². The van der Waals surface area contributed by atoms with Gasteiger partial charge in [-0.2, -0.15) is 0 Å². The van der Waals surface area contributed by atoms with Crippen molar-refractivity contribution in [2.24, 2.45) is 29.1 Å². The summed E-state index contributed by atoms with van der Waals surface area (Å²) in [6.07, 6.45) is -7.90. The third-order valence-corrected chi connectivity index (χ3v) is 13.4. The number of carbonyl (C=O) groups excluding carboxylic acids is 2. The number of aliphatic hydroxyl groups is 4. The van der Waals surface area contributed by atoms with Gasteiger partial charge < -0.3 is 58.5 Å². The van der Waals surface area contributed by atoms with Gasteiger partial charge in [0.25, 0.3) is 0 Å². The molecule has 0 radical (unpaired) electrons. The molecular weight excluding hydrogens is 738 g/mol. The van der Waals surface area contributed by atoms with Crippen LogP contribution in [0.2, 0.25) is 0 Å². The summed E-state index contributed by atoms with van der Waals surface area (Å²) in [6, 6.07) is -0.290. The maximum Gasteiger partial charge on any atom is 0.311 e. The van der Waals surface area contributed by atoms with Gasteiger partial charge >= 0.3 is 5.97 Å². The van der Waals surface area contributed by atoms with Crippen LogP contribution >= 0.6 is 0 Å². The Hall–Kier alpha value is -1.30. The lowest BCUT2D eigenvalue weighted by atomic mass is 9.74. The van der Waals surface area contributed by atoms with E-state index in [-0.39, 0.29) is 42.6 Å². The quantitative estimate of drug-likeness (QED) is 0.230. The Morgan fingerprint density at radius 2 is 1.46 bits per heavy atom. The van der Waals surface area contributed by atoms with Crippen molar-refractivity contribution < 1.29 is 63.2 Å². The van der Waals surface area contributed by atoms with E-state index in [1.807, 2.05) is 27.8 Å². The van der Waals surface area contributed by atoms with Gasteiger partial charge in [0.15, 0.2) is 12.6 Å². The molecule has 3 heterocycles. The third-order valence-electron chi connectivity index (χ3n) is 13.4. The average molecular weight is 818 g/mol. The highest BCUT2D eigenvalue weighted by Gasteiger charge is 2.54. The fourth-order valence-electron chi connectivity index (χ4n) is 9.19. The number of likely N-dealkylation sites (N-methyl/N-ethyl adjacent to an activating group) is 1. The molecule has 3 saturated heterocycles. The second-order valence-corrected chi connectivity index (χ2v) is 19.5. The summed E-state index contributed by atoms with van der Waals surface area (Å²) in [4.78, 5) is 30.6. The highest BCUT2D eigenvalue weighted by molar-refractivity contribution is 5.83. The zero-order chi connectivity index (χ0) is 43.6. The van der Waals surface area contributed by atoms with Crippen LogP contribution in [0.3, 0.4) is 0 Å². The van der Waals surface area contributed by atoms with Crippen LogP contribution in [-0.2, 0) is 42.7 Å². The number of aliphatic hydroxyl groups excluding tert-OH is 3. The molecule has 4 N–H and O–H groups in total. The van der Waals surface area contributed by atoms with Crippen molar-refractivity contribution in [2.75, 3.05) is 27.8 Å². The SMILES string of the molecule is CC[C@H]1OC(=O)[C@H](C)[C@@H](O[C@H]2C[C@@](C)(OC)[C@@H](O)[C@H](C)O2)[C@H](C)[C@@H](O[C@@H]2O[C@H](C)C[C@H](N(C)CCC(C)(C)C)[C@H]2O)[C@](C)(OC)C[C@@H](C)C(=O)[C@H](C)[C@@H](O)[C@]1(C)O. The molecule has 0 bridgehead atoms. The Balaban J connectivity index is 2.20. The van der Waals surface area contributed by atoms with Gasteiger partial charge in [0.05, 0.1) is 47.6 Å². The summed E-state index contributed by atoms with van der Waals surface area (Å²) in [5.41, 5.74) is -4.18. The van der Waals surface area contributed by atoms with E-state index in [1.54, 1.807) is 41.5 Å². The zero-order valence-electron chi connectivity index (χ0n) is 37.8. The lowest BCUT2D eigenvalue weighted by Crippen LogP contribution is -2.61. The molecule has 18 atom stereocenters. The van der Waals surface area contributed by atoms with Crippen LogP contribution in [0, 0.1) is 29.1 Å². The standard InChI is InChI=1S/C43H79NO13/c1-17-30-43(13,50)35(47)25(4)32(45)23(2)21-42(12,52-16)37(57-39-33(46)29(20-24(3)53-39)44(14)19-18-40(8,9)10)26(5)34(27(6)38(49)55-30)56-31-22-41(11,51-15)36(48)28(7)54-31/h23-31,33-37,39,46-48,50H,17-22H2,1-16H3/t23-,24-,25+,26+,27-,28+,29+,30-,31+,33-,34+,35-,36+,37-,39+,41-,42-,43-/m1/s1. The molecule has 0 aromatic heterocycles. The van der Waals surface area contributed by atoms with Crippen molar-refractivity contribution in [1.82, 2.24) is 4.90 Å². The van der Waals surface area contributed by atoms with Crippen LogP contribution in [-0.4, -0.2) is 149 Å². The molecule has 3 aliphatic heterocycles. The van der Waals surface area contributed by atoms with Crippen molar-refractivity contribution in [3.63, 3.8) is 0 Å². The summed E-state index contributed by atoms with van der Waals surface area (Å²) >= 11 is 0. The number of cyclic esters (lactones) is 1. The molecule has 0 spiro atoms. The van der Waals surface area contributed by atoms with Crippen LogP contribution in [0.25, 0.3) is 0 Å². The van der Waals surface area contributed by atoms with Gasteiger partial charge in [-0.3, -0.25) is 9.59 Å². The summed E-state index contributed by atoms with van der Waals surface area (Å²) in [5, 5.41) is 46.2. The summed E-state index contributed by atoms with van der Waals surface area (Å²) < 4.78 is 44.4. The number of esters is 1. The molecule has 0 aromatic rings. The average Bonchev–Trinajstić information content (AvgIpc) is 3.14. The molecule has 334 valence electrons. The Morgan fingerprint density at radius 1 is 0.860 bits per heavy atom. The lowest BCUT2D eigenvalue weighted by molar-refractivity contribution is -0.319. The second kappa shape index (κ2) is 19.6. The lowest BCUT2D eigenvalue weighted by Gasteiger charge is -2.50. The van der Waals surface area contributed by atoms with Crippen LogP contribution in [0.5, 0.6) is 0 Å². The molecule has 14 nitrogen and oxygen atoms in total. The van der Waals surface area contributed by atoms with Crippen LogP contribution in [0.1, 0.15) is 122 Å². The zero-order valence-corrected chi connectivity index (χ0v) is 37.8. The Bertz CT molecular complexity index is 1310. The summed E-state index contributed by atoms with van der Waals surface area (Å²) in [6.45, 7) is 24.5. The molecular formula is C43H79NO13. The minimum Gasteiger partial charge on any atom is -0.459 e. The van der Waals surface area contributed by atoms with Crippen molar-refractivity contribution in [2.45, 2.75) is 206 Å². The Labute approximate surface area is 342 Å². The fraction of sp³-hybridized carbons (Fsp3) is 0.953. The highest BCUT2D eigenvalue weighted by atomic mass is 16.7. The number of hydrogen-bond acceptors (Lipinski definition) is 14. The Morgan fingerprint density at radius 3 is 2.00 bits per heavy atom. The van der Waals surface area contributed by atoms with E-state index < -0.39 is 102 Å². The molecule has 57 heavy (non-hydrogen) atoms. The van der Waals surface area contributed by atoms with E-state index in [4.69, 9.17) is 33.2 Å². The first-order valence-corrected chi connectivity index (χ1v) is 21.1. The molecule has 0 amide bonds. The number of ether oxygens (including phenoxy) is 7. The number of hydrogen-bond donors (Lipinski definition) is 4. The van der Waals surface area contributed by atoms with E-state index in [0.29, 0.717) is 6.42 Å². The molecule has 3 rings (SSSR count). The number of nitrogens with zero attached hydrogens (tertiary/aromatic N) is 1. The predicted octanol–water partition coefficient (Wildman–Crippen LogP) is 4.25. The van der Waals surface area contributed by atoms with Gasteiger partial charge in [-0.05, 0) is 86.2 Å². The third kappa shape index (κ3) is 11.5. The predicted molar refractivity (Wildman–Crippen MR) is 214 cm³/mol. The maximum atomic E-state index is 14.3. The number of rotatable bonds is 10. The van der Waals surface area contributed by atoms with E-state index >= 15 is 0 Å². The van der Waals surface area contributed by atoms with E-state index in [0.717, 1.165) is 13.0 Å². The number of methoxy groups -OCH3 is 2. The van der Waals surface area contributed by atoms with Crippen molar-refractivity contribution in [1.29, 1.82) is 0 Å². The van der Waals surface area contributed by atoms with Crippen LogP contribution in [0.15, 0.2) is 0 Å². The maximum absolute atomic E-state index is 14.3. The summed E-state index contributed by atoms with van der Waals surface area (Å²) in [7, 11) is 5.03. The van der Waals surface area contributed by atoms with Crippen molar-refractivity contribution in [3.8, 4) is 0 Å². The van der Waals surface area contributed by atoms with Crippen molar-refractivity contribution >= 4 is 11.8 Å². The topological polar surface area (TPSA) is 183 Å². The Kier molecular flexibility index (Phi) is 17.2. The number of Topliss-reactive ketones (excluding diaryl/α,β-unsaturated/α-hetero) is 1. The first kappa shape index (κ1) is 50.1. The van der Waals surface area contributed by atoms with Gasteiger partial charge in [-0.15, -0.1) is 0 Å². The fourth-order valence-corrected chi connectivity index (χ4v) is 9.19. The number of carbonyl (C=O) groups is 2. The first-order chi connectivity index (χ1) is 26.2. The van der Waals surface area contributed by atoms with Crippen LogP contribution < -0.4 is 0 Å². The molecule has 3 aliphatic rings. The molecule has 0 aliphatic carbocycles. The van der Waals surface area contributed by atoms with Gasteiger partial charge in [0.1, 0.15) is 29.7 Å². The molecule has 3 fully saturated rings. The van der Waals surface area contributed by atoms with Gasteiger partial charge in [-0.1, -0.05) is 48.5 Å². The van der Waals surface area contributed by atoms with E-state index in [9.17, 15) is 30.0 Å². The molecule has 0 aromatic carbocycles. The normalized spacial score (nSPS) is 46.1. The van der Waals surface area contributed by atoms with Crippen molar-refractivity contribution in [3.05, 3.63) is 0 Å². The largest absolute Gasteiger partial charge is 0.459 e. The number of ketones is 1. The van der Waals surface area contributed by atoms with E-state index in [1.165, 1.54) is 21.1 Å². The second-order valence-electron chi connectivity index (χ2n) is 19.5. The minimum atomic E-state index is -1.97. The molecule has 0 saturated carbocycles. The van der Waals surface area contributed by atoms with E-state index in [2.05, 4.69) is 25.7 Å². The van der Waals surface area contributed by atoms with Gasteiger partial charge in [-0.25, -0.2) is 0 Å². The first-order valence-electron chi connectivity index (χ1n) is 21.1. The molecule has 0 unspecified atom stereocenters. The van der Waals surface area contributed by atoms with Gasteiger partial charge in [0.2, 0.25) is 0 Å². The monoisotopic (exact) mass is 818 g/mol. The highest BCUT2D eigenvalue weighted by Crippen LogP contribution is 2.42. The summed E-state index contributed by atoms with van der Waals surface area (Å²) in [5.74, 6) is -4.50.